The van der Waals surface area contributed by atoms with E-state index in [1.165, 1.54) is 5.56 Å². The van der Waals surface area contributed by atoms with E-state index < -0.39 is 0 Å². The van der Waals surface area contributed by atoms with Gasteiger partial charge in [0.05, 0.1) is 12.8 Å². The van der Waals surface area contributed by atoms with E-state index in [-0.39, 0.29) is 0 Å². The number of aryl methyl sites for hydroxylation is 1. The van der Waals surface area contributed by atoms with Gasteiger partial charge in [-0.15, -0.1) is 0 Å². The Balaban J connectivity index is 1.81. The first-order chi connectivity index (χ1) is 9.79. The summed E-state index contributed by atoms with van der Waals surface area (Å²) in [4.78, 5) is 3.99. The maximum Gasteiger partial charge on any atom is 0.118 e. The Hall–Kier alpha value is -2.36. The molecule has 104 valence electrons. The summed E-state index contributed by atoms with van der Waals surface area (Å²) in [5, 5.41) is 6.24. The van der Waals surface area contributed by atoms with Gasteiger partial charge < -0.3 is 4.74 Å². The first-order valence-corrected chi connectivity index (χ1v) is 6.58. The SMILES string of the molecule is COc1ccc(CC/C=N\N(C)c2ccncc2)cc1. The molecular weight excluding hydrogens is 250 g/mol. The van der Waals surface area contributed by atoms with Gasteiger partial charge in [-0.1, -0.05) is 12.1 Å². The lowest BCUT2D eigenvalue weighted by atomic mass is 10.1. The summed E-state index contributed by atoms with van der Waals surface area (Å²) in [6.07, 6.45) is 7.33. The molecule has 4 nitrogen and oxygen atoms in total. The Morgan fingerprint density at radius 3 is 2.50 bits per heavy atom. The van der Waals surface area contributed by atoms with Crippen molar-refractivity contribution in [1.82, 2.24) is 4.98 Å². The number of ether oxygens (including phenoxy) is 1. The molecule has 20 heavy (non-hydrogen) atoms. The highest BCUT2D eigenvalue weighted by Gasteiger charge is 1.96. The van der Waals surface area contributed by atoms with Crippen LogP contribution in [0.1, 0.15) is 12.0 Å². The van der Waals surface area contributed by atoms with Crippen molar-refractivity contribution in [3.63, 3.8) is 0 Å². The predicted octanol–water partition coefficient (Wildman–Crippen LogP) is 3.15. The minimum absolute atomic E-state index is 0.889. The summed E-state index contributed by atoms with van der Waals surface area (Å²) in [6.45, 7) is 0. The number of pyridine rings is 1. The van der Waals surface area contributed by atoms with E-state index >= 15 is 0 Å². The molecule has 1 aromatic carbocycles. The van der Waals surface area contributed by atoms with Gasteiger partial charge in [0.15, 0.2) is 0 Å². The van der Waals surface area contributed by atoms with Crippen LogP contribution in [0.2, 0.25) is 0 Å². The molecule has 0 N–H and O–H groups in total. The van der Waals surface area contributed by atoms with Crippen LogP contribution in [-0.4, -0.2) is 25.4 Å². The van der Waals surface area contributed by atoms with Gasteiger partial charge in [-0.2, -0.15) is 5.10 Å². The molecule has 0 unspecified atom stereocenters. The first-order valence-electron chi connectivity index (χ1n) is 6.58. The number of benzene rings is 1. The molecule has 0 fully saturated rings. The van der Waals surface area contributed by atoms with E-state index in [4.69, 9.17) is 4.74 Å². The highest BCUT2D eigenvalue weighted by molar-refractivity contribution is 5.60. The summed E-state index contributed by atoms with van der Waals surface area (Å²) in [7, 11) is 3.61. The highest BCUT2D eigenvalue weighted by atomic mass is 16.5. The molecule has 0 spiro atoms. The Morgan fingerprint density at radius 2 is 1.85 bits per heavy atom. The van der Waals surface area contributed by atoms with Gasteiger partial charge in [0.2, 0.25) is 0 Å². The molecule has 0 amide bonds. The molecule has 1 heterocycles. The maximum absolute atomic E-state index is 5.14. The molecule has 0 atom stereocenters. The van der Waals surface area contributed by atoms with Crippen molar-refractivity contribution in [2.75, 3.05) is 19.2 Å². The van der Waals surface area contributed by atoms with Gasteiger partial charge in [-0.05, 0) is 42.7 Å². The van der Waals surface area contributed by atoms with E-state index in [1.54, 1.807) is 19.5 Å². The Labute approximate surface area is 119 Å². The third kappa shape index (κ3) is 4.09. The third-order valence-corrected chi connectivity index (χ3v) is 3.01. The van der Waals surface area contributed by atoms with Crippen LogP contribution < -0.4 is 9.75 Å². The van der Waals surface area contributed by atoms with Gasteiger partial charge in [0, 0.05) is 25.7 Å². The number of hydrogen-bond acceptors (Lipinski definition) is 4. The minimum atomic E-state index is 0.889. The van der Waals surface area contributed by atoms with Crippen molar-refractivity contribution in [2.24, 2.45) is 5.10 Å². The lowest BCUT2D eigenvalue weighted by molar-refractivity contribution is 0.414. The fourth-order valence-electron chi connectivity index (χ4n) is 1.83. The second-order valence-electron chi connectivity index (χ2n) is 4.41. The largest absolute Gasteiger partial charge is 0.497 e. The van der Waals surface area contributed by atoms with Gasteiger partial charge in [-0.3, -0.25) is 9.99 Å². The molecule has 0 saturated carbocycles. The van der Waals surface area contributed by atoms with Gasteiger partial charge in [-0.25, -0.2) is 0 Å². The molecule has 0 aliphatic heterocycles. The second kappa shape index (κ2) is 7.28. The van der Waals surface area contributed by atoms with Crippen molar-refractivity contribution in [3.8, 4) is 5.75 Å². The number of aromatic nitrogens is 1. The van der Waals surface area contributed by atoms with Gasteiger partial charge in [0.1, 0.15) is 5.75 Å². The zero-order chi connectivity index (χ0) is 14.2. The number of nitrogens with zero attached hydrogens (tertiary/aromatic N) is 3. The summed E-state index contributed by atoms with van der Waals surface area (Å²) in [6, 6.07) is 12.0. The van der Waals surface area contributed by atoms with Crippen LogP contribution in [0.4, 0.5) is 5.69 Å². The zero-order valence-electron chi connectivity index (χ0n) is 11.9. The van der Waals surface area contributed by atoms with Crippen molar-refractivity contribution in [1.29, 1.82) is 0 Å². The zero-order valence-corrected chi connectivity index (χ0v) is 11.9. The van der Waals surface area contributed by atoms with Gasteiger partial charge >= 0.3 is 0 Å². The summed E-state index contributed by atoms with van der Waals surface area (Å²) >= 11 is 0. The van der Waals surface area contributed by atoms with Crippen LogP contribution >= 0.6 is 0 Å². The first kappa shape index (κ1) is 14.1. The summed E-state index contributed by atoms with van der Waals surface area (Å²) in [5.41, 5.74) is 2.31. The number of methoxy groups -OCH3 is 1. The maximum atomic E-state index is 5.14. The number of anilines is 1. The smallest absolute Gasteiger partial charge is 0.118 e. The summed E-state index contributed by atoms with van der Waals surface area (Å²) in [5.74, 6) is 0.889. The molecule has 2 rings (SSSR count). The molecule has 0 saturated heterocycles. The molecule has 0 aliphatic carbocycles. The second-order valence-corrected chi connectivity index (χ2v) is 4.41. The third-order valence-electron chi connectivity index (χ3n) is 3.01. The van der Waals surface area contributed by atoms with E-state index in [2.05, 4.69) is 22.2 Å². The average molecular weight is 269 g/mol. The quantitative estimate of drug-likeness (QED) is 0.597. The fraction of sp³-hybridized carbons (Fsp3) is 0.250. The van der Waals surface area contributed by atoms with Crippen LogP contribution in [-0.2, 0) is 6.42 Å². The highest BCUT2D eigenvalue weighted by Crippen LogP contribution is 2.12. The molecule has 2 aromatic rings. The van der Waals surface area contributed by atoms with Crippen molar-refractivity contribution in [3.05, 3.63) is 54.4 Å². The van der Waals surface area contributed by atoms with E-state index in [0.717, 1.165) is 24.3 Å². The van der Waals surface area contributed by atoms with Crippen molar-refractivity contribution < 1.29 is 4.74 Å². The van der Waals surface area contributed by atoms with Crippen LogP contribution in [0.5, 0.6) is 5.75 Å². The lowest BCUT2D eigenvalue weighted by Crippen LogP contribution is -2.08. The predicted molar refractivity (Wildman–Crippen MR) is 82.4 cm³/mol. The van der Waals surface area contributed by atoms with E-state index in [0.29, 0.717) is 0 Å². The van der Waals surface area contributed by atoms with Gasteiger partial charge in [0.25, 0.3) is 0 Å². The van der Waals surface area contributed by atoms with Crippen LogP contribution in [0.3, 0.4) is 0 Å². The molecule has 0 bridgehead atoms. The summed E-state index contributed by atoms with van der Waals surface area (Å²) < 4.78 is 5.14. The van der Waals surface area contributed by atoms with E-state index in [1.807, 2.05) is 42.5 Å². The number of hydrazone groups is 1. The molecule has 4 heteroatoms. The topological polar surface area (TPSA) is 37.7 Å². The molecule has 0 aliphatic rings. The molecule has 0 radical (unpaired) electrons. The number of rotatable bonds is 6. The van der Waals surface area contributed by atoms with E-state index in [9.17, 15) is 0 Å². The molecular formula is C16H19N3O. The standard InChI is InChI=1S/C16H19N3O/c1-19(15-9-12-17-13-10-15)18-11-3-4-14-5-7-16(20-2)8-6-14/h5-13H,3-4H2,1-2H3/b18-11-. The molecule has 1 aromatic heterocycles. The normalized spacial score (nSPS) is 10.7. The lowest BCUT2D eigenvalue weighted by Gasteiger charge is -2.11. The Morgan fingerprint density at radius 1 is 1.15 bits per heavy atom. The average Bonchev–Trinajstić information content (AvgIpc) is 2.53. The fourth-order valence-corrected chi connectivity index (χ4v) is 1.83. The Bertz CT molecular complexity index is 537. The van der Waals surface area contributed by atoms with Crippen LogP contribution in [0.25, 0.3) is 0 Å². The monoisotopic (exact) mass is 269 g/mol. The minimum Gasteiger partial charge on any atom is -0.497 e. The Kier molecular flexibility index (Phi) is 5.12. The van der Waals surface area contributed by atoms with Crippen molar-refractivity contribution >= 4 is 11.9 Å². The number of hydrogen-bond donors (Lipinski definition) is 0. The van der Waals surface area contributed by atoms with Crippen LogP contribution in [0.15, 0.2) is 53.9 Å². The van der Waals surface area contributed by atoms with Crippen molar-refractivity contribution in [2.45, 2.75) is 12.8 Å². The van der Waals surface area contributed by atoms with Crippen LogP contribution in [0, 0.1) is 0 Å².